The molecule has 0 unspecified atom stereocenters. The summed E-state index contributed by atoms with van der Waals surface area (Å²) in [6.07, 6.45) is 0.269. The van der Waals surface area contributed by atoms with Gasteiger partial charge >= 0.3 is 0 Å². The Hall–Kier alpha value is -3.56. The molecule has 1 aliphatic rings. The van der Waals surface area contributed by atoms with Crippen LogP contribution in [0.1, 0.15) is 23.5 Å². The zero-order valence-electron chi connectivity index (χ0n) is 18.5. The minimum Gasteiger partial charge on any atom is -0.340 e. The molecular formula is C25H25N3O5S. The lowest BCUT2D eigenvalue weighted by atomic mass is 9.88. The van der Waals surface area contributed by atoms with Gasteiger partial charge in [-0.05, 0) is 17.2 Å². The third-order valence-corrected chi connectivity index (χ3v) is 8.00. The lowest BCUT2D eigenvalue weighted by molar-refractivity contribution is -0.387. The summed E-state index contributed by atoms with van der Waals surface area (Å²) < 4.78 is 27.3. The van der Waals surface area contributed by atoms with Crippen LogP contribution in [0.2, 0.25) is 0 Å². The van der Waals surface area contributed by atoms with Crippen LogP contribution >= 0.6 is 0 Å². The summed E-state index contributed by atoms with van der Waals surface area (Å²) in [4.78, 5) is 25.1. The second-order valence-electron chi connectivity index (χ2n) is 8.09. The number of rotatable bonds is 7. The summed E-state index contributed by atoms with van der Waals surface area (Å²) in [6, 6.07) is 25.0. The molecule has 0 bridgehead atoms. The predicted molar refractivity (Wildman–Crippen MR) is 128 cm³/mol. The Kier molecular flexibility index (Phi) is 7.04. The maximum absolute atomic E-state index is 13.2. The van der Waals surface area contributed by atoms with Gasteiger partial charge in [0.2, 0.25) is 15.9 Å². The highest BCUT2D eigenvalue weighted by Gasteiger charge is 2.34. The minimum absolute atomic E-state index is 0.0551. The molecule has 4 rings (SSSR count). The van der Waals surface area contributed by atoms with Crippen molar-refractivity contribution < 1.29 is 18.1 Å². The number of nitro benzene ring substituents is 1. The molecule has 1 aliphatic heterocycles. The van der Waals surface area contributed by atoms with Crippen molar-refractivity contribution in [3.63, 3.8) is 0 Å². The number of hydrogen-bond donors (Lipinski definition) is 0. The Morgan fingerprint density at radius 2 is 1.32 bits per heavy atom. The van der Waals surface area contributed by atoms with Gasteiger partial charge in [-0.3, -0.25) is 14.9 Å². The molecule has 8 nitrogen and oxygen atoms in total. The zero-order chi connectivity index (χ0) is 24.1. The Morgan fingerprint density at radius 1 is 0.824 bits per heavy atom. The number of nitro groups is 1. The summed E-state index contributed by atoms with van der Waals surface area (Å²) in [6.45, 7) is 0.632. The van der Waals surface area contributed by atoms with Gasteiger partial charge in [0.15, 0.2) is 4.90 Å². The molecule has 3 aromatic carbocycles. The monoisotopic (exact) mass is 479 g/mol. The molecule has 1 amide bonds. The number of nitrogens with zero attached hydrogens (tertiary/aromatic N) is 3. The Labute approximate surface area is 198 Å². The highest BCUT2D eigenvalue weighted by Crippen LogP contribution is 2.30. The van der Waals surface area contributed by atoms with Crippen LogP contribution in [-0.4, -0.2) is 54.6 Å². The van der Waals surface area contributed by atoms with Crippen molar-refractivity contribution in [2.24, 2.45) is 0 Å². The van der Waals surface area contributed by atoms with Gasteiger partial charge in [-0.15, -0.1) is 0 Å². The molecule has 0 atom stereocenters. The van der Waals surface area contributed by atoms with Gasteiger partial charge in [0.05, 0.1) is 4.92 Å². The number of hydrogen-bond acceptors (Lipinski definition) is 5. The molecule has 0 saturated carbocycles. The molecule has 34 heavy (non-hydrogen) atoms. The van der Waals surface area contributed by atoms with Gasteiger partial charge in [0.1, 0.15) is 0 Å². The van der Waals surface area contributed by atoms with Crippen molar-refractivity contribution in [1.82, 2.24) is 9.21 Å². The van der Waals surface area contributed by atoms with E-state index in [1.807, 2.05) is 60.7 Å². The maximum atomic E-state index is 13.2. The second kappa shape index (κ2) is 10.1. The van der Waals surface area contributed by atoms with Crippen LogP contribution in [0.4, 0.5) is 5.69 Å². The maximum Gasteiger partial charge on any atom is 0.289 e. The topological polar surface area (TPSA) is 101 Å². The van der Waals surface area contributed by atoms with Crippen LogP contribution in [0.15, 0.2) is 89.8 Å². The van der Waals surface area contributed by atoms with E-state index in [-0.39, 0.29) is 49.3 Å². The number of sulfonamides is 1. The summed E-state index contributed by atoms with van der Waals surface area (Å²) >= 11 is 0. The first-order chi connectivity index (χ1) is 16.4. The molecule has 0 aromatic heterocycles. The number of amides is 1. The van der Waals surface area contributed by atoms with Crippen molar-refractivity contribution in [2.75, 3.05) is 26.2 Å². The molecule has 3 aromatic rings. The first-order valence-electron chi connectivity index (χ1n) is 11.0. The second-order valence-corrected chi connectivity index (χ2v) is 9.99. The van der Waals surface area contributed by atoms with Crippen LogP contribution in [0.3, 0.4) is 0 Å². The van der Waals surface area contributed by atoms with Gasteiger partial charge in [-0.25, -0.2) is 8.42 Å². The fourth-order valence-corrected chi connectivity index (χ4v) is 5.83. The zero-order valence-corrected chi connectivity index (χ0v) is 19.3. The minimum atomic E-state index is -4.04. The van der Waals surface area contributed by atoms with Gasteiger partial charge in [0, 0.05) is 44.6 Å². The van der Waals surface area contributed by atoms with E-state index in [2.05, 4.69) is 0 Å². The summed E-state index contributed by atoms with van der Waals surface area (Å²) in [5.41, 5.74) is 1.63. The smallest absolute Gasteiger partial charge is 0.289 e. The van der Waals surface area contributed by atoms with Gasteiger partial charge in [-0.2, -0.15) is 4.31 Å². The van der Waals surface area contributed by atoms with Crippen molar-refractivity contribution in [3.05, 3.63) is 106 Å². The van der Waals surface area contributed by atoms with E-state index >= 15 is 0 Å². The Morgan fingerprint density at radius 3 is 1.85 bits per heavy atom. The molecule has 9 heteroatoms. The van der Waals surface area contributed by atoms with E-state index in [0.717, 1.165) is 11.1 Å². The van der Waals surface area contributed by atoms with Crippen molar-refractivity contribution in [1.29, 1.82) is 0 Å². The van der Waals surface area contributed by atoms with Gasteiger partial charge in [-0.1, -0.05) is 72.8 Å². The van der Waals surface area contributed by atoms with Crippen LogP contribution < -0.4 is 0 Å². The molecule has 0 spiro atoms. The summed E-state index contributed by atoms with van der Waals surface area (Å²) in [7, 11) is -4.04. The SMILES string of the molecule is O=C(CC(c1ccccc1)c1ccccc1)N1CCN(S(=O)(=O)c2ccccc2[N+](=O)[O-])CC1. The van der Waals surface area contributed by atoms with E-state index in [4.69, 9.17) is 0 Å². The average Bonchev–Trinajstić information content (AvgIpc) is 2.88. The molecular weight excluding hydrogens is 454 g/mol. The number of benzene rings is 3. The summed E-state index contributed by atoms with van der Waals surface area (Å²) in [5, 5.41) is 11.3. The largest absolute Gasteiger partial charge is 0.340 e. The fourth-order valence-electron chi connectivity index (χ4n) is 4.25. The quantitative estimate of drug-likeness (QED) is 0.380. The van der Waals surface area contributed by atoms with Crippen LogP contribution in [0.5, 0.6) is 0 Å². The van der Waals surface area contributed by atoms with Crippen LogP contribution in [-0.2, 0) is 14.8 Å². The van der Waals surface area contributed by atoms with E-state index in [1.54, 1.807) is 4.90 Å². The highest BCUT2D eigenvalue weighted by atomic mass is 32.2. The van der Waals surface area contributed by atoms with Gasteiger partial charge < -0.3 is 4.90 Å². The molecule has 1 fully saturated rings. The first-order valence-corrected chi connectivity index (χ1v) is 12.4. The number of piperazine rings is 1. The van der Waals surface area contributed by atoms with E-state index in [1.165, 1.54) is 28.6 Å². The van der Waals surface area contributed by atoms with E-state index < -0.39 is 20.6 Å². The average molecular weight is 480 g/mol. The molecule has 0 aliphatic carbocycles. The molecule has 1 saturated heterocycles. The third-order valence-electron chi connectivity index (χ3n) is 6.05. The van der Waals surface area contributed by atoms with Crippen molar-refractivity contribution in [2.45, 2.75) is 17.2 Å². The molecule has 0 radical (unpaired) electrons. The normalized spacial score (nSPS) is 14.8. The summed E-state index contributed by atoms with van der Waals surface area (Å²) in [5.74, 6) is -0.163. The first kappa shape index (κ1) is 23.6. The van der Waals surface area contributed by atoms with E-state index in [9.17, 15) is 23.3 Å². The van der Waals surface area contributed by atoms with Crippen molar-refractivity contribution >= 4 is 21.6 Å². The standard InChI is InChI=1S/C25H25N3O5S/c29-25(19-22(20-9-3-1-4-10-20)21-11-5-2-6-12-21)26-15-17-27(18-16-26)34(32,33)24-14-8-7-13-23(24)28(30)31/h1-14,22H,15-19H2. The highest BCUT2D eigenvalue weighted by molar-refractivity contribution is 7.89. The van der Waals surface area contributed by atoms with E-state index in [0.29, 0.717) is 0 Å². The number of carbonyl (C=O) groups excluding carboxylic acids is 1. The molecule has 1 heterocycles. The van der Waals surface area contributed by atoms with Crippen LogP contribution in [0.25, 0.3) is 0 Å². The lowest BCUT2D eigenvalue weighted by Crippen LogP contribution is -2.50. The Bertz CT molecular complexity index is 1220. The Balaban J connectivity index is 1.47. The molecule has 0 N–H and O–H groups in total. The van der Waals surface area contributed by atoms with Gasteiger partial charge in [0.25, 0.3) is 5.69 Å². The van der Waals surface area contributed by atoms with Crippen molar-refractivity contribution in [3.8, 4) is 0 Å². The number of para-hydroxylation sites is 1. The lowest BCUT2D eigenvalue weighted by Gasteiger charge is -2.34. The van der Waals surface area contributed by atoms with Crippen LogP contribution in [0, 0.1) is 10.1 Å². The fraction of sp³-hybridized carbons (Fsp3) is 0.240. The number of carbonyl (C=O) groups is 1. The predicted octanol–water partition coefficient (Wildman–Crippen LogP) is 3.65. The third kappa shape index (κ3) is 5.00. The molecule has 176 valence electrons.